The summed E-state index contributed by atoms with van der Waals surface area (Å²) < 4.78 is 0. The van der Waals surface area contributed by atoms with Crippen LogP contribution >= 0.6 is 11.6 Å². The molecule has 0 bridgehead atoms. The van der Waals surface area contributed by atoms with E-state index in [0.717, 1.165) is 5.56 Å². The first-order valence-electron chi connectivity index (χ1n) is 4.46. The highest BCUT2D eigenvalue weighted by Gasteiger charge is 2.16. The van der Waals surface area contributed by atoms with Gasteiger partial charge >= 0.3 is 5.97 Å². The first-order chi connectivity index (χ1) is 6.65. The molecule has 4 heteroatoms. The molecule has 14 heavy (non-hydrogen) atoms. The third-order valence-electron chi connectivity index (χ3n) is 2.16. The molecule has 0 amide bonds. The van der Waals surface area contributed by atoms with Gasteiger partial charge in [0.1, 0.15) is 0 Å². The van der Waals surface area contributed by atoms with E-state index in [4.69, 9.17) is 16.7 Å². The van der Waals surface area contributed by atoms with Crippen LogP contribution in [0.3, 0.4) is 0 Å². The Bertz CT molecular complexity index is 328. The van der Waals surface area contributed by atoms with E-state index in [9.17, 15) is 4.79 Å². The van der Waals surface area contributed by atoms with E-state index >= 15 is 0 Å². The molecule has 1 unspecified atom stereocenters. The highest BCUT2D eigenvalue weighted by atomic mass is 35.5. The van der Waals surface area contributed by atoms with Crippen molar-refractivity contribution in [2.45, 2.75) is 19.8 Å². The number of carboxylic acid groups (broad SMARTS) is 1. The lowest BCUT2D eigenvalue weighted by molar-refractivity contribution is -0.141. The zero-order valence-corrected chi connectivity index (χ0v) is 8.66. The van der Waals surface area contributed by atoms with E-state index in [-0.39, 0.29) is 5.92 Å². The van der Waals surface area contributed by atoms with Gasteiger partial charge in [0.2, 0.25) is 0 Å². The van der Waals surface area contributed by atoms with Crippen molar-refractivity contribution in [3.63, 3.8) is 0 Å². The van der Waals surface area contributed by atoms with E-state index in [1.165, 1.54) is 6.20 Å². The zero-order valence-electron chi connectivity index (χ0n) is 7.90. The molecule has 0 fully saturated rings. The minimum Gasteiger partial charge on any atom is -0.481 e. The smallest absolute Gasteiger partial charge is 0.306 e. The predicted molar refractivity (Wildman–Crippen MR) is 54.4 cm³/mol. The number of carboxylic acids is 1. The number of pyridine rings is 1. The molecule has 0 saturated heterocycles. The van der Waals surface area contributed by atoms with E-state index < -0.39 is 5.97 Å². The van der Waals surface area contributed by atoms with Crippen molar-refractivity contribution < 1.29 is 9.90 Å². The van der Waals surface area contributed by atoms with Gasteiger partial charge in [-0.1, -0.05) is 18.5 Å². The molecular formula is C10H12ClNO2. The Balaban J connectivity index is 2.77. The molecule has 76 valence electrons. The Morgan fingerprint density at radius 3 is 2.93 bits per heavy atom. The van der Waals surface area contributed by atoms with Crippen LogP contribution in [0.4, 0.5) is 0 Å². The molecule has 1 heterocycles. The van der Waals surface area contributed by atoms with Crippen molar-refractivity contribution in [3.05, 3.63) is 29.0 Å². The van der Waals surface area contributed by atoms with Gasteiger partial charge in [-0.3, -0.25) is 9.78 Å². The van der Waals surface area contributed by atoms with Gasteiger partial charge in [-0.25, -0.2) is 0 Å². The summed E-state index contributed by atoms with van der Waals surface area (Å²) in [5, 5.41) is 9.40. The van der Waals surface area contributed by atoms with Crippen LogP contribution in [0.5, 0.6) is 0 Å². The van der Waals surface area contributed by atoms with Crippen molar-refractivity contribution in [1.29, 1.82) is 0 Å². The second kappa shape index (κ2) is 4.96. The molecule has 1 atom stereocenters. The van der Waals surface area contributed by atoms with Crippen molar-refractivity contribution in [2.24, 2.45) is 5.92 Å². The molecule has 0 aromatic carbocycles. The molecule has 1 aromatic rings. The molecule has 1 N–H and O–H groups in total. The third-order valence-corrected chi connectivity index (χ3v) is 2.51. The summed E-state index contributed by atoms with van der Waals surface area (Å²) in [7, 11) is 0. The van der Waals surface area contributed by atoms with Crippen molar-refractivity contribution in [1.82, 2.24) is 4.98 Å². The fraction of sp³-hybridized carbons (Fsp3) is 0.400. The monoisotopic (exact) mass is 213 g/mol. The van der Waals surface area contributed by atoms with Gasteiger partial charge < -0.3 is 5.11 Å². The van der Waals surface area contributed by atoms with Crippen LogP contribution in [0.25, 0.3) is 0 Å². The maximum Gasteiger partial charge on any atom is 0.306 e. The zero-order chi connectivity index (χ0) is 10.6. The number of hydrogen-bond donors (Lipinski definition) is 1. The average molecular weight is 214 g/mol. The van der Waals surface area contributed by atoms with E-state index in [2.05, 4.69) is 4.98 Å². The molecule has 1 aromatic heterocycles. The maximum atomic E-state index is 10.8. The molecule has 0 aliphatic heterocycles. The largest absolute Gasteiger partial charge is 0.481 e. The third kappa shape index (κ3) is 2.70. The maximum absolute atomic E-state index is 10.8. The molecule has 0 radical (unpaired) electrons. The number of hydrogen-bond acceptors (Lipinski definition) is 2. The topological polar surface area (TPSA) is 50.2 Å². The lowest BCUT2D eigenvalue weighted by Crippen LogP contribution is -2.15. The number of aliphatic carboxylic acids is 1. The van der Waals surface area contributed by atoms with Crippen LogP contribution in [0.2, 0.25) is 5.02 Å². The molecular weight excluding hydrogens is 202 g/mol. The molecule has 0 spiro atoms. The number of halogens is 1. The van der Waals surface area contributed by atoms with Crippen molar-refractivity contribution >= 4 is 17.6 Å². The second-order valence-electron chi connectivity index (χ2n) is 3.11. The van der Waals surface area contributed by atoms with Gasteiger partial charge in [0.25, 0.3) is 0 Å². The van der Waals surface area contributed by atoms with Gasteiger partial charge in [-0.2, -0.15) is 0 Å². The summed E-state index contributed by atoms with van der Waals surface area (Å²) in [6.45, 7) is 1.86. The summed E-state index contributed by atoms with van der Waals surface area (Å²) in [4.78, 5) is 14.6. The minimum atomic E-state index is -0.777. The first-order valence-corrected chi connectivity index (χ1v) is 4.84. The van der Waals surface area contributed by atoms with Gasteiger partial charge in [-0.15, -0.1) is 0 Å². The Hall–Kier alpha value is -1.09. The Labute approximate surface area is 87.7 Å². The summed E-state index contributed by atoms with van der Waals surface area (Å²) in [6.07, 6.45) is 4.22. The quantitative estimate of drug-likeness (QED) is 0.836. The van der Waals surface area contributed by atoms with Crippen molar-refractivity contribution in [3.8, 4) is 0 Å². The normalized spacial score (nSPS) is 12.4. The van der Waals surface area contributed by atoms with Gasteiger partial charge in [0, 0.05) is 12.4 Å². The van der Waals surface area contributed by atoms with E-state index in [0.29, 0.717) is 17.9 Å². The fourth-order valence-electron chi connectivity index (χ4n) is 1.24. The highest BCUT2D eigenvalue weighted by Crippen LogP contribution is 2.19. The van der Waals surface area contributed by atoms with Gasteiger partial charge in [-0.05, 0) is 24.5 Å². The molecule has 1 rings (SSSR count). The summed E-state index contributed by atoms with van der Waals surface area (Å²) in [6, 6.07) is 1.76. The molecule has 0 aliphatic rings. The number of carbonyl (C=O) groups is 1. The van der Waals surface area contributed by atoms with E-state index in [1.54, 1.807) is 12.3 Å². The predicted octanol–water partition coefficient (Wildman–Crippen LogP) is 2.39. The Kier molecular flexibility index (Phi) is 3.89. The lowest BCUT2D eigenvalue weighted by atomic mass is 9.98. The second-order valence-corrected chi connectivity index (χ2v) is 3.52. The average Bonchev–Trinajstić information content (AvgIpc) is 2.16. The van der Waals surface area contributed by atoms with E-state index in [1.807, 2.05) is 6.92 Å². The molecule has 0 aliphatic carbocycles. The fourth-order valence-corrected chi connectivity index (χ4v) is 1.44. The standard InChI is InChI=1S/C10H12ClNO2/c1-2-7(10(13)14)5-8-3-4-12-6-9(8)11/h3-4,6-7H,2,5H2,1H3,(H,13,14). The minimum absolute atomic E-state index is 0.366. The summed E-state index contributed by atoms with van der Waals surface area (Å²) >= 11 is 5.87. The summed E-state index contributed by atoms with van der Waals surface area (Å²) in [5.41, 5.74) is 0.843. The molecule has 3 nitrogen and oxygen atoms in total. The first kappa shape index (κ1) is 11.0. The molecule has 0 saturated carbocycles. The van der Waals surface area contributed by atoms with Crippen LogP contribution < -0.4 is 0 Å². The van der Waals surface area contributed by atoms with Crippen LogP contribution in [-0.2, 0) is 11.2 Å². The lowest BCUT2D eigenvalue weighted by Gasteiger charge is -2.10. The number of rotatable bonds is 4. The van der Waals surface area contributed by atoms with Crippen molar-refractivity contribution in [2.75, 3.05) is 0 Å². The number of aromatic nitrogens is 1. The van der Waals surface area contributed by atoms with Crippen LogP contribution in [0.1, 0.15) is 18.9 Å². The SMILES string of the molecule is CCC(Cc1ccncc1Cl)C(=O)O. The van der Waals surface area contributed by atoms with Gasteiger partial charge in [0.05, 0.1) is 10.9 Å². The van der Waals surface area contributed by atoms with Crippen LogP contribution in [-0.4, -0.2) is 16.1 Å². The Morgan fingerprint density at radius 2 is 2.43 bits per heavy atom. The highest BCUT2D eigenvalue weighted by molar-refractivity contribution is 6.31. The van der Waals surface area contributed by atoms with Crippen LogP contribution in [0.15, 0.2) is 18.5 Å². The number of nitrogens with zero attached hydrogens (tertiary/aromatic N) is 1. The van der Waals surface area contributed by atoms with Crippen LogP contribution in [0, 0.1) is 5.92 Å². The van der Waals surface area contributed by atoms with Gasteiger partial charge in [0.15, 0.2) is 0 Å². The Morgan fingerprint density at radius 1 is 1.71 bits per heavy atom. The summed E-state index contributed by atoms with van der Waals surface area (Å²) in [5.74, 6) is -1.14.